The number of hydrogen-bond donors (Lipinski definition) is 1. The Balaban J connectivity index is 3.28. The lowest BCUT2D eigenvalue weighted by atomic mass is 10.1. The Morgan fingerprint density at radius 2 is 2.31 bits per heavy atom. The number of carboxylic acid groups (broad SMARTS) is 1. The monoisotopic (exact) mass is 338 g/mol. The SMILES string of the molecule is N#Cc1cc(CC(=O)O)nc(I)c1C(F)F. The van der Waals surface area contributed by atoms with Gasteiger partial charge in [0, 0.05) is 0 Å². The number of nitriles is 1. The highest BCUT2D eigenvalue weighted by molar-refractivity contribution is 14.1. The van der Waals surface area contributed by atoms with E-state index in [-0.39, 0.29) is 15.0 Å². The van der Waals surface area contributed by atoms with Gasteiger partial charge in [-0.05, 0) is 28.7 Å². The largest absolute Gasteiger partial charge is 0.481 e. The highest BCUT2D eigenvalue weighted by Gasteiger charge is 2.19. The second-order valence-electron chi connectivity index (χ2n) is 2.85. The minimum atomic E-state index is -2.80. The van der Waals surface area contributed by atoms with Gasteiger partial charge in [0.2, 0.25) is 0 Å². The molecule has 0 aliphatic rings. The number of hydrogen-bond acceptors (Lipinski definition) is 3. The summed E-state index contributed by atoms with van der Waals surface area (Å²) in [7, 11) is 0. The van der Waals surface area contributed by atoms with Crippen molar-refractivity contribution in [2.45, 2.75) is 12.8 Å². The van der Waals surface area contributed by atoms with E-state index >= 15 is 0 Å². The minimum absolute atomic E-state index is 0.0390. The molecule has 1 aromatic heterocycles. The van der Waals surface area contributed by atoms with Crippen LogP contribution < -0.4 is 0 Å². The van der Waals surface area contributed by atoms with E-state index in [9.17, 15) is 13.6 Å². The molecule has 1 aromatic rings. The van der Waals surface area contributed by atoms with Crippen LogP contribution in [0.25, 0.3) is 0 Å². The van der Waals surface area contributed by atoms with Gasteiger partial charge in [0.05, 0.1) is 29.3 Å². The van der Waals surface area contributed by atoms with Crippen molar-refractivity contribution in [3.63, 3.8) is 0 Å². The maximum Gasteiger partial charge on any atom is 0.309 e. The molecular weight excluding hydrogens is 333 g/mol. The van der Waals surface area contributed by atoms with Crippen molar-refractivity contribution in [1.82, 2.24) is 4.98 Å². The average molecular weight is 338 g/mol. The summed E-state index contributed by atoms with van der Waals surface area (Å²) < 4.78 is 25.1. The summed E-state index contributed by atoms with van der Waals surface area (Å²) in [4.78, 5) is 14.1. The first-order chi connectivity index (χ1) is 7.45. The third kappa shape index (κ3) is 2.85. The van der Waals surface area contributed by atoms with Crippen molar-refractivity contribution < 1.29 is 18.7 Å². The van der Waals surface area contributed by atoms with Crippen LogP contribution in [0.3, 0.4) is 0 Å². The molecule has 0 unspecified atom stereocenters. The molecule has 0 fully saturated rings. The predicted molar refractivity (Wildman–Crippen MR) is 58.0 cm³/mol. The second kappa shape index (κ2) is 5.16. The summed E-state index contributed by atoms with van der Waals surface area (Å²) in [5, 5.41) is 17.2. The highest BCUT2D eigenvalue weighted by Crippen LogP contribution is 2.27. The molecule has 0 bridgehead atoms. The number of aliphatic carboxylic acids is 1. The van der Waals surface area contributed by atoms with Crippen LogP contribution in [0.5, 0.6) is 0 Å². The van der Waals surface area contributed by atoms with E-state index in [1.54, 1.807) is 28.7 Å². The van der Waals surface area contributed by atoms with E-state index in [0.29, 0.717) is 0 Å². The van der Waals surface area contributed by atoms with Crippen LogP contribution in [-0.4, -0.2) is 16.1 Å². The third-order valence-corrected chi connectivity index (χ3v) is 2.56. The number of pyridine rings is 1. The van der Waals surface area contributed by atoms with E-state index in [1.165, 1.54) is 0 Å². The Morgan fingerprint density at radius 3 is 2.75 bits per heavy atom. The number of aromatic nitrogens is 1. The maximum absolute atomic E-state index is 12.6. The Hall–Kier alpha value is -1.30. The van der Waals surface area contributed by atoms with Gasteiger partial charge >= 0.3 is 5.97 Å². The summed E-state index contributed by atoms with van der Waals surface area (Å²) in [5.74, 6) is -1.13. The van der Waals surface area contributed by atoms with E-state index in [0.717, 1.165) is 6.07 Å². The Bertz CT molecular complexity index is 471. The Kier molecular flexibility index (Phi) is 4.12. The summed E-state index contributed by atoms with van der Waals surface area (Å²) in [5.41, 5.74) is -0.583. The smallest absolute Gasteiger partial charge is 0.309 e. The molecule has 0 saturated carbocycles. The van der Waals surface area contributed by atoms with Crippen molar-refractivity contribution >= 4 is 28.6 Å². The van der Waals surface area contributed by atoms with Gasteiger partial charge < -0.3 is 5.11 Å². The molecule has 84 valence electrons. The maximum atomic E-state index is 12.6. The number of nitrogens with zero attached hydrogens (tertiary/aromatic N) is 2. The van der Waals surface area contributed by atoms with Crippen LogP contribution in [0.1, 0.15) is 23.2 Å². The van der Waals surface area contributed by atoms with Gasteiger partial charge in [-0.2, -0.15) is 5.26 Å². The van der Waals surface area contributed by atoms with Crippen LogP contribution in [0.4, 0.5) is 8.78 Å². The summed E-state index contributed by atoms with van der Waals surface area (Å²) in [6.45, 7) is 0. The molecule has 0 radical (unpaired) electrons. The number of halogens is 3. The molecule has 1 rings (SSSR count). The normalized spacial score (nSPS) is 10.2. The zero-order valence-electron chi connectivity index (χ0n) is 7.75. The molecular formula is C9H5F2IN2O2. The van der Waals surface area contributed by atoms with Gasteiger partial charge in [-0.25, -0.2) is 13.8 Å². The van der Waals surface area contributed by atoms with Gasteiger partial charge in [0.25, 0.3) is 6.43 Å². The topological polar surface area (TPSA) is 74.0 Å². The minimum Gasteiger partial charge on any atom is -0.481 e. The van der Waals surface area contributed by atoms with Gasteiger partial charge in [-0.1, -0.05) is 0 Å². The summed E-state index contributed by atoms with van der Waals surface area (Å²) in [6.07, 6.45) is -3.19. The van der Waals surface area contributed by atoms with Gasteiger partial charge in [-0.3, -0.25) is 4.79 Å². The molecule has 1 N–H and O–H groups in total. The third-order valence-electron chi connectivity index (χ3n) is 1.74. The fraction of sp³-hybridized carbons (Fsp3) is 0.222. The van der Waals surface area contributed by atoms with Crippen molar-refractivity contribution in [3.8, 4) is 6.07 Å². The molecule has 0 amide bonds. The molecule has 1 heterocycles. The summed E-state index contributed by atoms with van der Waals surface area (Å²) in [6, 6.07) is 2.69. The fourth-order valence-electron chi connectivity index (χ4n) is 1.12. The number of alkyl halides is 2. The van der Waals surface area contributed by atoms with Crippen LogP contribution in [-0.2, 0) is 11.2 Å². The number of rotatable bonds is 3. The summed E-state index contributed by atoms with van der Waals surface area (Å²) >= 11 is 1.56. The molecule has 0 atom stereocenters. The molecule has 0 spiro atoms. The highest BCUT2D eigenvalue weighted by atomic mass is 127. The van der Waals surface area contributed by atoms with E-state index in [4.69, 9.17) is 10.4 Å². The van der Waals surface area contributed by atoms with Gasteiger partial charge in [0.1, 0.15) is 3.70 Å². The predicted octanol–water partition coefficient (Wildman–Crippen LogP) is 2.12. The fourth-order valence-corrected chi connectivity index (χ4v) is 1.96. The molecule has 0 aliphatic carbocycles. The second-order valence-corrected chi connectivity index (χ2v) is 3.87. The Morgan fingerprint density at radius 1 is 1.69 bits per heavy atom. The first kappa shape index (κ1) is 12.8. The van der Waals surface area contributed by atoms with Crippen molar-refractivity contribution in [3.05, 3.63) is 26.6 Å². The van der Waals surface area contributed by atoms with E-state index < -0.39 is 24.4 Å². The Labute approximate surface area is 103 Å². The zero-order chi connectivity index (χ0) is 12.3. The van der Waals surface area contributed by atoms with Crippen LogP contribution in [0, 0.1) is 15.0 Å². The van der Waals surface area contributed by atoms with E-state index in [2.05, 4.69) is 4.98 Å². The zero-order valence-corrected chi connectivity index (χ0v) is 9.90. The molecule has 0 aromatic carbocycles. The van der Waals surface area contributed by atoms with Gasteiger partial charge in [0.15, 0.2) is 0 Å². The van der Waals surface area contributed by atoms with Crippen LogP contribution >= 0.6 is 22.6 Å². The standard InChI is InChI=1S/C9H5F2IN2O2/c10-8(11)7-4(3-13)1-5(2-6(15)16)14-9(7)12/h1,8H,2H2,(H,15,16). The molecule has 4 nitrogen and oxygen atoms in total. The number of carboxylic acids is 1. The molecule has 0 aliphatic heterocycles. The van der Waals surface area contributed by atoms with Crippen LogP contribution in [0.2, 0.25) is 0 Å². The van der Waals surface area contributed by atoms with Gasteiger partial charge in [-0.15, -0.1) is 0 Å². The van der Waals surface area contributed by atoms with Crippen LogP contribution in [0.15, 0.2) is 6.07 Å². The number of carbonyl (C=O) groups is 1. The van der Waals surface area contributed by atoms with Crippen molar-refractivity contribution in [1.29, 1.82) is 5.26 Å². The lowest BCUT2D eigenvalue weighted by Gasteiger charge is -2.07. The first-order valence-electron chi connectivity index (χ1n) is 4.05. The molecule has 7 heteroatoms. The molecule has 0 saturated heterocycles. The lowest BCUT2D eigenvalue weighted by Crippen LogP contribution is -2.07. The van der Waals surface area contributed by atoms with E-state index in [1.807, 2.05) is 0 Å². The van der Waals surface area contributed by atoms with Crippen molar-refractivity contribution in [2.24, 2.45) is 0 Å². The quantitative estimate of drug-likeness (QED) is 0.677. The average Bonchev–Trinajstić information content (AvgIpc) is 2.14. The first-order valence-corrected chi connectivity index (χ1v) is 5.13. The van der Waals surface area contributed by atoms with Crippen molar-refractivity contribution in [2.75, 3.05) is 0 Å². The molecule has 16 heavy (non-hydrogen) atoms. The lowest BCUT2D eigenvalue weighted by molar-refractivity contribution is -0.136.